The van der Waals surface area contributed by atoms with Crippen LogP contribution in [-0.4, -0.2) is 28.9 Å². The Hall–Kier alpha value is -3.52. The fourth-order valence-corrected chi connectivity index (χ4v) is 4.39. The van der Waals surface area contributed by atoms with E-state index < -0.39 is 23.5 Å². The van der Waals surface area contributed by atoms with E-state index in [0.29, 0.717) is 22.0 Å². The van der Waals surface area contributed by atoms with Crippen LogP contribution in [0.15, 0.2) is 54.1 Å². The third-order valence-electron chi connectivity index (χ3n) is 5.22. The van der Waals surface area contributed by atoms with E-state index in [1.54, 1.807) is 24.3 Å². The molecule has 1 N–H and O–H groups in total. The van der Waals surface area contributed by atoms with Crippen LogP contribution in [0.1, 0.15) is 27.7 Å². The minimum absolute atomic E-state index is 0.0766. The molecule has 31 heavy (non-hydrogen) atoms. The molecule has 1 aliphatic heterocycles. The molecule has 158 valence electrons. The first kappa shape index (κ1) is 20.7. The van der Waals surface area contributed by atoms with Gasteiger partial charge in [-0.2, -0.15) is 0 Å². The second kappa shape index (κ2) is 7.96. The summed E-state index contributed by atoms with van der Waals surface area (Å²) in [5, 5.41) is 11.4. The van der Waals surface area contributed by atoms with Crippen molar-refractivity contribution in [1.82, 2.24) is 4.98 Å². The number of ether oxygens (including phenoxy) is 1. The first-order chi connectivity index (χ1) is 14.8. The Morgan fingerprint density at radius 1 is 1.10 bits per heavy atom. The summed E-state index contributed by atoms with van der Waals surface area (Å²) in [5.41, 5.74) is 1.51. The molecule has 0 radical (unpaired) electrons. The molecule has 4 rings (SSSR count). The number of thiazole rings is 1. The van der Waals surface area contributed by atoms with Gasteiger partial charge < -0.3 is 9.84 Å². The zero-order valence-corrected chi connectivity index (χ0v) is 17.9. The average molecular weight is 438 g/mol. The van der Waals surface area contributed by atoms with Crippen molar-refractivity contribution in [3.63, 3.8) is 0 Å². The summed E-state index contributed by atoms with van der Waals surface area (Å²) < 4.78 is 18.7. The van der Waals surface area contributed by atoms with Crippen molar-refractivity contribution >= 4 is 33.9 Å². The molecule has 1 amide bonds. The van der Waals surface area contributed by atoms with Gasteiger partial charge in [0, 0.05) is 10.4 Å². The highest BCUT2D eigenvalue weighted by atomic mass is 32.1. The number of benzene rings is 2. The van der Waals surface area contributed by atoms with Crippen LogP contribution in [0.25, 0.3) is 5.76 Å². The molecule has 0 aliphatic carbocycles. The number of hydrogen-bond acceptors (Lipinski definition) is 6. The SMILES string of the molecule is COc1ccc(C(O)=C2C(=O)C(=O)N(c3nc(C)c(C)s3)C2c2ccc(F)cc2)cc1. The summed E-state index contributed by atoms with van der Waals surface area (Å²) in [6, 6.07) is 11.0. The Morgan fingerprint density at radius 2 is 1.74 bits per heavy atom. The molecular weight excluding hydrogens is 419 g/mol. The summed E-state index contributed by atoms with van der Waals surface area (Å²) in [6.45, 7) is 3.69. The van der Waals surface area contributed by atoms with Gasteiger partial charge in [0.1, 0.15) is 17.3 Å². The van der Waals surface area contributed by atoms with Gasteiger partial charge >= 0.3 is 5.91 Å². The molecule has 8 heteroatoms. The molecule has 0 bridgehead atoms. The number of carbonyl (C=O) groups is 2. The maximum atomic E-state index is 13.6. The number of aryl methyl sites for hydroxylation is 2. The number of nitrogens with zero attached hydrogens (tertiary/aromatic N) is 2. The summed E-state index contributed by atoms with van der Waals surface area (Å²) >= 11 is 1.28. The summed E-state index contributed by atoms with van der Waals surface area (Å²) in [6.07, 6.45) is 0. The molecule has 2 heterocycles. The minimum atomic E-state index is -0.937. The molecule has 1 unspecified atom stereocenters. The number of hydrogen-bond donors (Lipinski definition) is 1. The molecule has 0 spiro atoms. The number of aliphatic hydroxyl groups is 1. The summed E-state index contributed by atoms with van der Waals surface area (Å²) in [5.74, 6) is -1.80. The van der Waals surface area contributed by atoms with E-state index in [9.17, 15) is 19.1 Å². The maximum absolute atomic E-state index is 13.6. The standard InChI is InChI=1S/C23H19FN2O4S/c1-12-13(2)31-23(25-12)26-19(14-4-8-16(24)9-5-14)18(21(28)22(26)29)20(27)15-6-10-17(30-3)11-7-15/h4-11,19,27H,1-3H3. The largest absolute Gasteiger partial charge is 0.507 e. The number of halogens is 1. The van der Waals surface area contributed by atoms with E-state index in [1.807, 2.05) is 13.8 Å². The molecule has 1 aromatic heterocycles. The average Bonchev–Trinajstić information content (AvgIpc) is 3.23. The number of amides is 1. The van der Waals surface area contributed by atoms with Crippen LogP contribution in [-0.2, 0) is 9.59 Å². The first-order valence-electron chi connectivity index (χ1n) is 9.46. The van der Waals surface area contributed by atoms with E-state index in [1.165, 1.54) is 47.6 Å². The van der Waals surface area contributed by atoms with Gasteiger partial charge in [0.2, 0.25) is 0 Å². The number of aromatic nitrogens is 1. The van der Waals surface area contributed by atoms with Crippen LogP contribution in [0.5, 0.6) is 5.75 Å². The number of rotatable bonds is 4. The van der Waals surface area contributed by atoms with Crippen LogP contribution in [0.3, 0.4) is 0 Å². The molecular formula is C23H19FN2O4S. The van der Waals surface area contributed by atoms with E-state index in [0.717, 1.165) is 10.6 Å². The number of ketones is 1. The molecule has 1 aliphatic rings. The molecule has 1 fully saturated rings. The van der Waals surface area contributed by atoms with E-state index in [4.69, 9.17) is 4.74 Å². The Balaban J connectivity index is 1.92. The molecule has 0 saturated carbocycles. The van der Waals surface area contributed by atoms with Crippen molar-refractivity contribution in [3.8, 4) is 5.75 Å². The minimum Gasteiger partial charge on any atom is -0.507 e. The molecule has 6 nitrogen and oxygen atoms in total. The Kier molecular flexibility index (Phi) is 5.32. The third-order valence-corrected chi connectivity index (χ3v) is 6.29. The van der Waals surface area contributed by atoms with Crippen molar-refractivity contribution < 1.29 is 23.8 Å². The van der Waals surface area contributed by atoms with Gasteiger partial charge in [0.05, 0.1) is 24.4 Å². The number of anilines is 1. The fourth-order valence-electron chi connectivity index (χ4n) is 3.45. The molecule has 3 aromatic rings. The van der Waals surface area contributed by atoms with Crippen molar-refractivity contribution in [2.45, 2.75) is 19.9 Å². The second-order valence-electron chi connectivity index (χ2n) is 7.09. The van der Waals surface area contributed by atoms with Crippen molar-refractivity contribution in [1.29, 1.82) is 0 Å². The first-order valence-corrected chi connectivity index (χ1v) is 10.3. The van der Waals surface area contributed by atoms with E-state index in [2.05, 4.69) is 4.98 Å². The maximum Gasteiger partial charge on any atom is 0.301 e. The monoisotopic (exact) mass is 438 g/mol. The number of carbonyl (C=O) groups excluding carboxylic acids is 2. The lowest BCUT2D eigenvalue weighted by atomic mass is 9.95. The number of aliphatic hydroxyl groups excluding tert-OH is 1. The zero-order valence-electron chi connectivity index (χ0n) is 17.0. The van der Waals surface area contributed by atoms with Gasteiger partial charge in [-0.25, -0.2) is 9.37 Å². The van der Waals surface area contributed by atoms with Crippen LogP contribution in [0.2, 0.25) is 0 Å². The van der Waals surface area contributed by atoms with Gasteiger partial charge in [0.15, 0.2) is 5.13 Å². The van der Waals surface area contributed by atoms with E-state index >= 15 is 0 Å². The summed E-state index contributed by atoms with van der Waals surface area (Å²) in [4.78, 5) is 32.7. The lowest BCUT2D eigenvalue weighted by Crippen LogP contribution is -2.29. The van der Waals surface area contributed by atoms with Crippen molar-refractivity contribution in [2.24, 2.45) is 0 Å². The summed E-state index contributed by atoms with van der Waals surface area (Å²) in [7, 11) is 1.52. The highest BCUT2D eigenvalue weighted by Crippen LogP contribution is 2.43. The normalized spacial score (nSPS) is 17.9. The van der Waals surface area contributed by atoms with Gasteiger partial charge in [-0.1, -0.05) is 12.1 Å². The zero-order chi connectivity index (χ0) is 22.3. The topological polar surface area (TPSA) is 79.7 Å². The second-order valence-corrected chi connectivity index (χ2v) is 8.27. The Morgan fingerprint density at radius 3 is 2.29 bits per heavy atom. The lowest BCUT2D eigenvalue weighted by Gasteiger charge is -2.23. The Labute approximate surface area is 182 Å². The fraction of sp³-hybridized carbons (Fsp3) is 0.174. The number of Topliss-reactive ketones (excluding diaryl/α,β-unsaturated/α-hetero) is 1. The van der Waals surface area contributed by atoms with Crippen LogP contribution >= 0.6 is 11.3 Å². The van der Waals surface area contributed by atoms with Gasteiger partial charge in [-0.15, -0.1) is 11.3 Å². The van der Waals surface area contributed by atoms with Gasteiger partial charge in [0.25, 0.3) is 5.78 Å². The molecule has 1 saturated heterocycles. The van der Waals surface area contributed by atoms with Crippen molar-refractivity contribution in [3.05, 3.63) is 81.6 Å². The third kappa shape index (κ3) is 3.59. The van der Waals surface area contributed by atoms with Gasteiger partial charge in [-0.3, -0.25) is 14.5 Å². The molecule has 2 aromatic carbocycles. The lowest BCUT2D eigenvalue weighted by molar-refractivity contribution is -0.132. The van der Waals surface area contributed by atoms with Crippen LogP contribution < -0.4 is 9.64 Å². The predicted molar refractivity (Wildman–Crippen MR) is 116 cm³/mol. The highest BCUT2D eigenvalue weighted by Gasteiger charge is 2.48. The van der Waals surface area contributed by atoms with E-state index in [-0.39, 0.29) is 11.3 Å². The smallest absolute Gasteiger partial charge is 0.301 e. The van der Waals surface area contributed by atoms with Crippen LogP contribution in [0.4, 0.5) is 9.52 Å². The van der Waals surface area contributed by atoms with Crippen LogP contribution in [0, 0.1) is 19.7 Å². The number of methoxy groups -OCH3 is 1. The van der Waals surface area contributed by atoms with Gasteiger partial charge in [-0.05, 0) is 55.8 Å². The molecule has 1 atom stereocenters. The quantitative estimate of drug-likeness (QED) is 0.368. The Bertz CT molecular complexity index is 1180. The van der Waals surface area contributed by atoms with Crippen molar-refractivity contribution in [2.75, 3.05) is 12.0 Å². The highest BCUT2D eigenvalue weighted by molar-refractivity contribution is 7.16. The predicted octanol–water partition coefficient (Wildman–Crippen LogP) is 4.53.